The summed E-state index contributed by atoms with van der Waals surface area (Å²) in [6, 6.07) is 2.93. The Labute approximate surface area is 57.2 Å². The van der Waals surface area contributed by atoms with Gasteiger partial charge < -0.3 is 0 Å². The number of thiophene rings is 1. The molecule has 0 aliphatic carbocycles. The fourth-order valence-electron chi connectivity index (χ4n) is 0.381. The van der Waals surface area contributed by atoms with E-state index in [1.54, 1.807) is 0 Å². The predicted molar refractivity (Wildman–Crippen MR) is 34.5 cm³/mol. The zero-order valence-electron chi connectivity index (χ0n) is 4.37. The molecule has 0 saturated carbocycles. The Kier molecular flexibility index (Phi) is 1.56. The van der Waals surface area contributed by atoms with Gasteiger partial charge in [-0.1, -0.05) is 0 Å². The van der Waals surface area contributed by atoms with Crippen LogP contribution in [0.5, 0.6) is 0 Å². The zero-order chi connectivity index (χ0) is 6.91. The van der Waals surface area contributed by atoms with Crippen molar-refractivity contribution < 1.29 is 8.42 Å². The SMILES string of the molecule is NS(=O)(=O)c1cc[c]s1. The maximum Gasteiger partial charge on any atom is 0.247 e. The second-order valence-corrected chi connectivity index (χ2v) is 4.09. The standard InChI is InChI=1S/C4H4NO2S2/c5-9(6,7)4-2-1-3-8-4/h1-2H,(H2,5,6,7). The van der Waals surface area contributed by atoms with E-state index < -0.39 is 10.0 Å². The summed E-state index contributed by atoms with van der Waals surface area (Å²) in [5.41, 5.74) is 0. The van der Waals surface area contributed by atoms with Gasteiger partial charge in [0.2, 0.25) is 10.0 Å². The maximum atomic E-state index is 10.5. The summed E-state index contributed by atoms with van der Waals surface area (Å²) >= 11 is 0.992. The van der Waals surface area contributed by atoms with Gasteiger partial charge in [0, 0.05) is 5.38 Å². The van der Waals surface area contributed by atoms with Gasteiger partial charge >= 0.3 is 0 Å². The summed E-state index contributed by atoms with van der Waals surface area (Å²) in [6.45, 7) is 0. The molecule has 9 heavy (non-hydrogen) atoms. The van der Waals surface area contributed by atoms with Crippen LogP contribution in [0.3, 0.4) is 0 Å². The molecule has 0 aliphatic heterocycles. The second-order valence-electron chi connectivity index (χ2n) is 1.42. The third kappa shape index (κ3) is 1.51. The van der Waals surface area contributed by atoms with Crippen LogP contribution in [0.25, 0.3) is 0 Å². The van der Waals surface area contributed by atoms with Gasteiger partial charge in [0.15, 0.2) is 0 Å². The van der Waals surface area contributed by atoms with E-state index in [0.29, 0.717) is 0 Å². The highest BCUT2D eigenvalue weighted by Crippen LogP contribution is 2.11. The highest BCUT2D eigenvalue weighted by molar-refractivity contribution is 7.91. The summed E-state index contributed by atoms with van der Waals surface area (Å²) < 4.78 is 21.1. The molecule has 0 aliphatic rings. The van der Waals surface area contributed by atoms with Crippen molar-refractivity contribution in [1.82, 2.24) is 0 Å². The Balaban J connectivity index is 3.20. The lowest BCUT2D eigenvalue weighted by Gasteiger charge is -1.86. The molecule has 1 heterocycles. The fourth-order valence-corrected chi connectivity index (χ4v) is 1.64. The topological polar surface area (TPSA) is 60.2 Å². The average Bonchev–Trinajstić information content (AvgIpc) is 2.08. The molecule has 0 aromatic carbocycles. The molecule has 1 aromatic heterocycles. The monoisotopic (exact) mass is 162 g/mol. The first-order chi connectivity index (χ1) is 4.11. The summed E-state index contributed by atoms with van der Waals surface area (Å²) in [6.07, 6.45) is 0. The van der Waals surface area contributed by atoms with E-state index in [2.05, 4.69) is 5.38 Å². The highest BCUT2D eigenvalue weighted by Gasteiger charge is 2.06. The van der Waals surface area contributed by atoms with E-state index in [9.17, 15) is 8.42 Å². The lowest BCUT2D eigenvalue weighted by molar-refractivity contribution is 0.600. The van der Waals surface area contributed by atoms with Crippen LogP contribution in [-0.2, 0) is 10.0 Å². The molecule has 0 fully saturated rings. The van der Waals surface area contributed by atoms with Crippen molar-refractivity contribution in [1.29, 1.82) is 0 Å². The van der Waals surface area contributed by atoms with Crippen molar-refractivity contribution >= 4 is 21.4 Å². The van der Waals surface area contributed by atoms with Gasteiger partial charge in [-0.15, -0.1) is 11.3 Å². The lowest BCUT2D eigenvalue weighted by Crippen LogP contribution is -2.09. The van der Waals surface area contributed by atoms with Gasteiger partial charge in [-0.2, -0.15) is 0 Å². The third-order valence-electron chi connectivity index (χ3n) is 0.727. The number of sulfonamides is 1. The molecule has 0 bridgehead atoms. The number of nitrogens with two attached hydrogens (primary N) is 1. The first kappa shape index (κ1) is 6.73. The summed E-state index contributed by atoms with van der Waals surface area (Å²) in [5.74, 6) is 0. The number of rotatable bonds is 1. The van der Waals surface area contributed by atoms with Crippen molar-refractivity contribution in [2.45, 2.75) is 4.21 Å². The molecule has 3 nitrogen and oxygen atoms in total. The predicted octanol–water partition coefficient (Wildman–Crippen LogP) is 0.196. The Bertz CT molecular complexity index is 274. The molecule has 49 valence electrons. The lowest BCUT2D eigenvalue weighted by atomic mass is 10.7. The van der Waals surface area contributed by atoms with E-state index in [1.807, 2.05) is 0 Å². The molecular weight excluding hydrogens is 158 g/mol. The molecule has 0 spiro atoms. The zero-order valence-corrected chi connectivity index (χ0v) is 6.00. The molecule has 1 radical (unpaired) electrons. The van der Waals surface area contributed by atoms with Gasteiger partial charge in [-0.05, 0) is 12.1 Å². The van der Waals surface area contributed by atoms with Crippen molar-refractivity contribution in [2.24, 2.45) is 5.14 Å². The Morgan fingerprint density at radius 2 is 2.33 bits per heavy atom. The minimum atomic E-state index is -3.47. The van der Waals surface area contributed by atoms with Crippen LogP contribution in [0.1, 0.15) is 0 Å². The Hall–Kier alpha value is -0.390. The van der Waals surface area contributed by atoms with Gasteiger partial charge in [0.05, 0.1) is 0 Å². The van der Waals surface area contributed by atoms with Crippen LogP contribution in [0.4, 0.5) is 0 Å². The summed E-state index contributed by atoms with van der Waals surface area (Å²) in [5, 5.41) is 7.38. The third-order valence-corrected chi connectivity index (χ3v) is 2.96. The number of hydrogen-bond acceptors (Lipinski definition) is 3. The Morgan fingerprint density at radius 3 is 2.56 bits per heavy atom. The van der Waals surface area contributed by atoms with Gasteiger partial charge in [-0.3, -0.25) is 0 Å². The first-order valence-corrected chi connectivity index (χ1v) is 4.45. The van der Waals surface area contributed by atoms with Crippen LogP contribution in [0, 0.1) is 5.38 Å². The average molecular weight is 162 g/mol. The van der Waals surface area contributed by atoms with E-state index in [1.165, 1.54) is 12.1 Å². The molecule has 0 atom stereocenters. The normalized spacial score (nSPS) is 11.7. The van der Waals surface area contributed by atoms with Crippen LogP contribution >= 0.6 is 11.3 Å². The maximum absolute atomic E-state index is 10.5. The van der Waals surface area contributed by atoms with Gasteiger partial charge in [0.25, 0.3) is 0 Å². The number of hydrogen-bond donors (Lipinski definition) is 1. The van der Waals surface area contributed by atoms with Crippen molar-refractivity contribution in [3.63, 3.8) is 0 Å². The molecule has 0 amide bonds. The van der Waals surface area contributed by atoms with Crippen molar-refractivity contribution in [3.05, 3.63) is 17.5 Å². The minimum absolute atomic E-state index is 0.155. The van der Waals surface area contributed by atoms with E-state index in [0.717, 1.165) is 11.3 Å². The minimum Gasteiger partial charge on any atom is -0.224 e. The molecule has 5 heteroatoms. The van der Waals surface area contributed by atoms with Crippen LogP contribution in [0.15, 0.2) is 16.3 Å². The molecule has 1 aromatic rings. The van der Waals surface area contributed by atoms with Crippen LogP contribution < -0.4 is 5.14 Å². The largest absolute Gasteiger partial charge is 0.247 e. The van der Waals surface area contributed by atoms with E-state index >= 15 is 0 Å². The van der Waals surface area contributed by atoms with Gasteiger partial charge in [-0.25, -0.2) is 13.6 Å². The summed E-state index contributed by atoms with van der Waals surface area (Å²) in [7, 11) is -3.47. The fraction of sp³-hybridized carbons (Fsp3) is 0. The van der Waals surface area contributed by atoms with E-state index in [-0.39, 0.29) is 4.21 Å². The van der Waals surface area contributed by atoms with Crippen molar-refractivity contribution in [2.75, 3.05) is 0 Å². The molecule has 0 unspecified atom stereocenters. The highest BCUT2D eigenvalue weighted by atomic mass is 32.2. The van der Waals surface area contributed by atoms with E-state index in [4.69, 9.17) is 5.14 Å². The number of primary sulfonamides is 1. The molecule has 1 rings (SSSR count). The Morgan fingerprint density at radius 1 is 1.67 bits per heavy atom. The molecule has 0 saturated heterocycles. The second kappa shape index (κ2) is 2.09. The van der Waals surface area contributed by atoms with Crippen molar-refractivity contribution in [3.8, 4) is 0 Å². The van der Waals surface area contributed by atoms with Gasteiger partial charge in [0.1, 0.15) is 4.21 Å². The molecular formula is C4H4NO2S2. The smallest absolute Gasteiger partial charge is 0.224 e. The van der Waals surface area contributed by atoms with Crippen LogP contribution in [0.2, 0.25) is 0 Å². The molecule has 2 N–H and O–H groups in total. The van der Waals surface area contributed by atoms with Crippen LogP contribution in [-0.4, -0.2) is 8.42 Å². The first-order valence-electron chi connectivity index (χ1n) is 2.09. The summed E-state index contributed by atoms with van der Waals surface area (Å²) in [4.78, 5) is 0. The quantitative estimate of drug-likeness (QED) is 0.641.